The Kier molecular flexibility index (Phi) is 4.90. The molecule has 0 bridgehead atoms. The molecule has 1 aromatic heterocycles. The van der Waals surface area contributed by atoms with Crippen LogP contribution in [0.2, 0.25) is 0 Å². The summed E-state index contributed by atoms with van der Waals surface area (Å²) < 4.78 is 5.79. The predicted molar refractivity (Wildman–Crippen MR) is 66.1 cm³/mol. The summed E-state index contributed by atoms with van der Waals surface area (Å²) in [7, 11) is 0. The Morgan fingerprint density at radius 3 is 2.69 bits per heavy atom. The van der Waals surface area contributed by atoms with Crippen molar-refractivity contribution >= 4 is 0 Å². The van der Waals surface area contributed by atoms with Crippen molar-refractivity contribution in [1.29, 1.82) is 0 Å². The van der Waals surface area contributed by atoms with E-state index in [-0.39, 0.29) is 6.10 Å². The molecule has 0 saturated carbocycles. The van der Waals surface area contributed by atoms with Crippen LogP contribution in [0.1, 0.15) is 38.9 Å². The summed E-state index contributed by atoms with van der Waals surface area (Å²) in [6.07, 6.45) is 4.57. The SMILES string of the molecule is CC(C)(C)CCOC(CN)c1cccnc1. The summed E-state index contributed by atoms with van der Waals surface area (Å²) in [6.45, 7) is 7.85. The average molecular weight is 222 g/mol. The summed E-state index contributed by atoms with van der Waals surface area (Å²) in [6, 6.07) is 3.91. The summed E-state index contributed by atoms with van der Waals surface area (Å²) in [4.78, 5) is 4.07. The van der Waals surface area contributed by atoms with Crippen molar-refractivity contribution in [3.05, 3.63) is 30.1 Å². The van der Waals surface area contributed by atoms with Gasteiger partial charge in [0.1, 0.15) is 0 Å². The lowest BCUT2D eigenvalue weighted by Gasteiger charge is -2.21. The van der Waals surface area contributed by atoms with Gasteiger partial charge in [0, 0.05) is 31.1 Å². The Morgan fingerprint density at radius 2 is 2.19 bits per heavy atom. The van der Waals surface area contributed by atoms with Gasteiger partial charge in [-0.1, -0.05) is 26.8 Å². The zero-order chi connectivity index (χ0) is 12.0. The number of nitrogens with zero attached hydrogens (tertiary/aromatic N) is 1. The number of aromatic nitrogens is 1. The third-order valence-corrected chi connectivity index (χ3v) is 2.44. The van der Waals surface area contributed by atoms with Crippen molar-refractivity contribution in [2.45, 2.75) is 33.3 Å². The van der Waals surface area contributed by atoms with Crippen LogP contribution < -0.4 is 5.73 Å². The summed E-state index contributed by atoms with van der Waals surface area (Å²) in [5.74, 6) is 0. The standard InChI is InChI=1S/C13H22N2O/c1-13(2,3)6-8-16-12(9-14)11-5-4-7-15-10-11/h4-5,7,10,12H,6,8-9,14H2,1-3H3. The zero-order valence-corrected chi connectivity index (χ0v) is 10.4. The second-order valence-corrected chi connectivity index (χ2v) is 5.19. The van der Waals surface area contributed by atoms with Crippen molar-refractivity contribution in [3.63, 3.8) is 0 Å². The van der Waals surface area contributed by atoms with Crippen molar-refractivity contribution in [1.82, 2.24) is 4.98 Å². The first-order valence-electron chi connectivity index (χ1n) is 5.74. The van der Waals surface area contributed by atoms with Crippen LogP contribution in [0.5, 0.6) is 0 Å². The molecule has 16 heavy (non-hydrogen) atoms. The third-order valence-electron chi connectivity index (χ3n) is 2.44. The second-order valence-electron chi connectivity index (χ2n) is 5.19. The molecule has 1 rings (SSSR count). The predicted octanol–water partition coefficient (Wildman–Crippen LogP) is 2.53. The molecule has 1 atom stereocenters. The van der Waals surface area contributed by atoms with Gasteiger partial charge in [-0.25, -0.2) is 0 Å². The fourth-order valence-corrected chi connectivity index (χ4v) is 1.37. The lowest BCUT2D eigenvalue weighted by Crippen LogP contribution is -2.18. The molecule has 0 aliphatic heterocycles. The molecule has 3 heteroatoms. The molecule has 1 unspecified atom stereocenters. The number of ether oxygens (including phenoxy) is 1. The van der Waals surface area contributed by atoms with Crippen LogP contribution >= 0.6 is 0 Å². The molecule has 0 spiro atoms. The van der Waals surface area contributed by atoms with Crippen LogP contribution in [0.3, 0.4) is 0 Å². The van der Waals surface area contributed by atoms with Crippen LogP contribution in [0.15, 0.2) is 24.5 Å². The summed E-state index contributed by atoms with van der Waals surface area (Å²) in [5.41, 5.74) is 7.06. The second kappa shape index (κ2) is 5.97. The maximum atomic E-state index is 5.79. The molecule has 90 valence electrons. The number of nitrogens with two attached hydrogens (primary N) is 1. The lowest BCUT2D eigenvalue weighted by molar-refractivity contribution is 0.0420. The van der Waals surface area contributed by atoms with Crippen LogP contribution in [-0.2, 0) is 4.74 Å². The van der Waals surface area contributed by atoms with E-state index in [4.69, 9.17) is 10.5 Å². The molecule has 0 radical (unpaired) electrons. The van der Waals surface area contributed by atoms with E-state index in [1.165, 1.54) is 0 Å². The quantitative estimate of drug-likeness (QED) is 0.832. The highest BCUT2D eigenvalue weighted by atomic mass is 16.5. The lowest BCUT2D eigenvalue weighted by atomic mass is 9.93. The molecule has 0 amide bonds. The van der Waals surface area contributed by atoms with E-state index in [1.807, 2.05) is 18.3 Å². The van der Waals surface area contributed by atoms with Gasteiger partial charge < -0.3 is 10.5 Å². The highest BCUT2D eigenvalue weighted by Gasteiger charge is 2.13. The van der Waals surface area contributed by atoms with Gasteiger partial charge in [0.15, 0.2) is 0 Å². The molecule has 0 aliphatic carbocycles. The minimum absolute atomic E-state index is 0.0314. The van der Waals surface area contributed by atoms with Gasteiger partial charge in [-0.3, -0.25) is 4.98 Å². The van der Waals surface area contributed by atoms with Crippen molar-refractivity contribution in [2.75, 3.05) is 13.2 Å². The van der Waals surface area contributed by atoms with E-state index in [0.717, 1.165) is 18.6 Å². The van der Waals surface area contributed by atoms with E-state index < -0.39 is 0 Å². The number of rotatable bonds is 5. The molecule has 3 nitrogen and oxygen atoms in total. The molecule has 1 aromatic rings. The fraction of sp³-hybridized carbons (Fsp3) is 0.615. The molecule has 2 N–H and O–H groups in total. The molecule has 0 fully saturated rings. The highest BCUT2D eigenvalue weighted by Crippen LogP contribution is 2.21. The van der Waals surface area contributed by atoms with Crippen LogP contribution in [0, 0.1) is 5.41 Å². The zero-order valence-electron chi connectivity index (χ0n) is 10.4. The summed E-state index contributed by atoms with van der Waals surface area (Å²) in [5, 5.41) is 0. The van der Waals surface area contributed by atoms with E-state index in [9.17, 15) is 0 Å². The van der Waals surface area contributed by atoms with Gasteiger partial charge in [-0.05, 0) is 17.9 Å². The average Bonchev–Trinajstić information content (AvgIpc) is 2.24. The molecule has 0 aliphatic rings. The van der Waals surface area contributed by atoms with E-state index in [1.54, 1.807) is 6.20 Å². The van der Waals surface area contributed by atoms with E-state index in [2.05, 4.69) is 25.8 Å². The molecule has 0 saturated heterocycles. The van der Waals surface area contributed by atoms with Crippen LogP contribution in [0.25, 0.3) is 0 Å². The van der Waals surface area contributed by atoms with Crippen molar-refractivity contribution in [2.24, 2.45) is 11.1 Å². The normalized spacial score (nSPS) is 13.8. The van der Waals surface area contributed by atoms with Crippen molar-refractivity contribution in [3.8, 4) is 0 Å². The van der Waals surface area contributed by atoms with Gasteiger partial charge in [-0.15, -0.1) is 0 Å². The van der Waals surface area contributed by atoms with Gasteiger partial charge in [0.05, 0.1) is 6.10 Å². The van der Waals surface area contributed by atoms with Gasteiger partial charge in [0.2, 0.25) is 0 Å². The Morgan fingerprint density at radius 1 is 1.44 bits per heavy atom. The van der Waals surface area contributed by atoms with Gasteiger partial charge >= 0.3 is 0 Å². The Labute approximate surface area is 98.0 Å². The van der Waals surface area contributed by atoms with Gasteiger partial charge in [-0.2, -0.15) is 0 Å². The number of hydrogen-bond acceptors (Lipinski definition) is 3. The van der Waals surface area contributed by atoms with Crippen molar-refractivity contribution < 1.29 is 4.74 Å². The molecular weight excluding hydrogens is 200 g/mol. The topological polar surface area (TPSA) is 48.1 Å². The van der Waals surface area contributed by atoms with Gasteiger partial charge in [0.25, 0.3) is 0 Å². The Hall–Kier alpha value is -0.930. The fourth-order valence-electron chi connectivity index (χ4n) is 1.37. The maximum Gasteiger partial charge on any atom is 0.0961 e. The van der Waals surface area contributed by atoms with Crippen LogP contribution in [0.4, 0.5) is 0 Å². The van der Waals surface area contributed by atoms with E-state index >= 15 is 0 Å². The Bertz CT molecular complexity index is 293. The first-order chi connectivity index (χ1) is 7.53. The minimum Gasteiger partial charge on any atom is -0.372 e. The molecular formula is C13H22N2O. The smallest absolute Gasteiger partial charge is 0.0961 e. The minimum atomic E-state index is -0.0314. The molecule has 0 aromatic carbocycles. The maximum absolute atomic E-state index is 5.79. The van der Waals surface area contributed by atoms with E-state index in [0.29, 0.717) is 12.0 Å². The molecule has 1 heterocycles. The first-order valence-corrected chi connectivity index (χ1v) is 5.74. The first kappa shape index (κ1) is 13.1. The monoisotopic (exact) mass is 222 g/mol. The summed E-state index contributed by atoms with van der Waals surface area (Å²) >= 11 is 0. The van der Waals surface area contributed by atoms with Crippen LogP contribution in [-0.4, -0.2) is 18.1 Å². The largest absolute Gasteiger partial charge is 0.372 e. The number of hydrogen-bond donors (Lipinski definition) is 1. The number of pyridine rings is 1. The Balaban J connectivity index is 2.45. The highest BCUT2D eigenvalue weighted by molar-refractivity contribution is 5.12. The third kappa shape index (κ3) is 4.73.